The highest BCUT2D eigenvalue weighted by atomic mass is 16.2. The second kappa shape index (κ2) is 9.21. The van der Waals surface area contributed by atoms with Gasteiger partial charge in [-0.2, -0.15) is 10.2 Å². The van der Waals surface area contributed by atoms with Crippen molar-refractivity contribution in [3.05, 3.63) is 61.4 Å². The Morgan fingerprint density at radius 2 is 1.53 bits per heavy atom. The first-order valence-corrected chi connectivity index (χ1v) is 11.6. The molecule has 0 spiro atoms. The zero-order valence-corrected chi connectivity index (χ0v) is 19.8. The lowest BCUT2D eigenvalue weighted by molar-refractivity contribution is -0.134. The first-order valence-electron chi connectivity index (χ1n) is 11.6. The van der Waals surface area contributed by atoms with E-state index in [9.17, 15) is 4.79 Å². The highest BCUT2D eigenvalue weighted by Gasteiger charge is 2.28. The van der Waals surface area contributed by atoms with Crippen molar-refractivity contribution < 1.29 is 4.79 Å². The molecule has 0 saturated heterocycles. The Balaban J connectivity index is 1.28. The van der Waals surface area contributed by atoms with Gasteiger partial charge in [0.15, 0.2) is 5.82 Å². The van der Waals surface area contributed by atoms with Gasteiger partial charge in [0.25, 0.3) is 0 Å². The Labute approximate surface area is 199 Å². The summed E-state index contributed by atoms with van der Waals surface area (Å²) < 4.78 is 3.83. The summed E-state index contributed by atoms with van der Waals surface area (Å²) in [5.74, 6) is 1.06. The molecule has 0 unspecified atom stereocenters. The maximum Gasteiger partial charge on any atom is 0.225 e. The normalized spacial score (nSPS) is 18.1. The topological polar surface area (TPSA) is 81.7 Å². The molecule has 1 saturated carbocycles. The van der Waals surface area contributed by atoms with E-state index >= 15 is 0 Å². The molecule has 0 atom stereocenters. The van der Waals surface area contributed by atoms with Crippen molar-refractivity contribution in [3.63, 3.8) is 0 Å². The average molecular weight is 456 g/mol. The Hall–Kier alpha value is -3.81. The number of aromatic nitrogens is 6. The number of amides is 1. The smallest absolute Gasteiger partial charge is 0.225 e. The van der Waals surface area contributed by atoms with Crippen LogP contribution in [0.1, 0.15) is 31.7 Å². The van der Waals surface area contributed by atoms with Gasteiger partial charge in [-0.15, -0.1) is 0 Å². The standard InChI is InChI=1S/C26H29N7O/c1-31(2)26(34)18-7-9-24(10-8-18)33-17-23(15-30-33)21-12-27-25(28-13-21)20-6-4-5-19(11-20)22-14-29-32(3)16-22/h4-6,11-18,24H,7-10H2,1-3H3/t18-,24+. The summed E-state index contributed by atoms with van der Waals surface area (Å²) in [7, 11) is 5.58. The molecule has 1 fully saturated rings. The largest absolute Gasteiger partial charge is 0.349 e. The second-order valence-electron chi connectivity index (χ2n) is 9.23. The van der Waals surface area contributed by atoms with Crippen LogP contribution in [0.25, 0.3) is 33.6 Å². The van der Waals surface area contributed by atoms with E-state index in [-0.39, 0.29) is 11.8 Å². The third kappa shape index (κ3) is 4.48. The zero-order valence-electron chi connectivity index (χ0n) is 19.8. The van der Waals surface area contributed by atoms with Crippen molar-refractivity contribution in [1.29, 1.82) is 0 Å². The molecule has 3 heterocycles. The van der Waals surface area contributed by atoms with Gasteiger partial charge in [-0.3, -0.25) is 14.2 Å². The van der Waals surface area contributed by atoms with E-state index in [1.807, 2.05) is 68.9 Å². The molecular formula is C26H29N7O. The molecule has 8 nitrogen and oxygen atoms in total. The highest BCUT2D eigenvalue weighted by molar-refractivity contribution is 5.78. The quantitative estimate of drug-likeness (QED) is 0.450. The maximum absolute atomic E-state index is 12.2. The van der Waals surface area contributed by atoms with Crippen molar-refractivity contribution in [2.75, 3.05) is 14.1 Å². The van der Waals surface area contributed by atoms with E-state index in [0.29, 0.717) is 11.9 Å². The van der Waals surface area contributed by atoms with Crippen LogP contribution in [-0.4, -0.2) is 54.4 Å². The lowest BCUT2D eigenvalue weighted by atomic mass is 9.85. The molecule has 8 heteroatoms. The first-order chi connectivity index (χ1) is 16.5. The number of hydrogen-bond acceptors (Lipinski definition) is 5. The van der Waals surface area contributed by atoms with Gasteiger partial charge in [0.2, 0.25) is 5.91 Å². The molecule has 0 radical (unpaired) electrons. The predicted molar refractivity (Wildman–Crippen MR) is 131 cm³/mol. The molecule has 1 aromatic carbocycles. The summed E-state index contributed by atoms with van der Waals surface area (Å²) >= 11 is 0. The molecule has 1 aliphatic rings. The lowest BCUT2D eigenvalue weighted by Crippen LogP contribution is -2.32. The Morgan fingerprint density at radius 3 is 2.21 bits per heavy atom. The maximum atomic E-state index is 12.2. The number of carbonyl (C=O) groups is 1. The van der Waals surface area contributed by atoms with Crippen LogP contribution >= 0.6 is 0 Å². The summed E-state index contributed by atoms with van der Waals surface area (Å²) in [6, 6.07) is 8.51. The Kier molecular flexibility index (Phi) is 5.96. The van der Waals surface area contributed by atoms with Crippen molar-refractivity contribution in [2.45, 2.75) is 31.7 Å². The average Bonchev–Trinajstić information content (AvgIpc) is 3.53. The third-order valence-corrected chi connectivity index (χ3v) is 6.61. The molecular weight excluding hydrogens is 426 g/mol. The number of aryl methyl sites for hydroxylation is 1. The van der Waals surface area contributed by atoms with Crippen LogP contribution in [0, 0.1) is 5.92 Å². The molecule has 174 valence electrons. The highest BCUT2D eigenvalue weighted by Crippen LogP contribution is 2.33. The van der Waals surface area contributed by atoms with Gasteiger partial charge in [0.05, 0.1) is 18.4 Å². The SMILES string of the molecule is CN(C)C(=O)[C@H]1CC[C@@H](n2cc(-c3cnc(-c4cccc(-c5cnn(C)c5)c4)nc3)cn2)CC1. The molecule has 3 aromatic heterocycles. The van der Waals surface area contributed by atoms with Crippen LogP contribution < -0.4 is 0 Å². The van der Waals surface area contributed by atoms with E-state index in [0.717, 1.165) is 53.5 Å². The van der Waals surface area contributed by atoms with Crippen LogP contribution in [0.2, 0.25) is 0 Å². The van der Waals surface area contributed by atoms with Gasteiger partial charge in [-0.05, 0) is 37.3 Å². The van der Waals surface area contributed by atoms with E-state index < -0.39 is 0 Å². The minimum absolute atomic E-state index is 0.138. The molecule has 1 aliphatic carbocycles. The van der Waals surface area contributed by atoms with Gasteiger partial charge in [-0.1, -0.05) is 18.2 Å². The summed E-state index contributed by atoms with van der Waals surface area (Å²) in [4.78, 5) is 23.2. The van der Waals surface area contributed by atoms with E-state index in [2.05, 4.69) is 38.5 Å². The van der Waals surface area contributed by atoms with Crippen LogP contribution in [0.5, 0.6) is 0 Å². The summed E-state index contributed by atoms with van der Waals surface area (Å²) in [5.41, 5.74) is 5.06. The number of carbonyl (C=O) groups excluding carboxylic acids is 1. The van der Waals surface area contributed by atoms with Crippen molar-refractivity contribution in [2.24, 2.45) is 13.0 Å². The molecule has 5 rings (SSSR count). The van der Waals surface area contributed by atoms with E-state index in [4.69, 9.17) is 0 Å². The Morgan fingerprint density at radius 1 is 0.853 bits per heavy atom. The van der Waals surface area contributed by atoms with E-state index in [1.54, 1.807) is 9.58 Å². The minimum Gasteiger partial charge on any atom is -0.349 e. The van der Waals surface area contributed by atoms with Gasteiger partial charge in [-0.25, -0.2) is 9.97 Å². The fourth-order valence-corrected chi connectivity index (χ4v) is 4.67. The lowest BCUT2D eigenvalue weighted by Gasteiger charge is -2.29. The van der Waals surface area contributed by atoms with Crippen LogP contribution in [0.4, 0.5) is 0 Å². The molecule has 0 bridgehead atoms. The third-order valence-electron chi connectivity index (χ3n) is 6.61. The van der Waals surface area contributed by atoms with Gasteiger partial charge in [0.1, 0.15) is 0 Å². The second-order valence-corrected chi connectivity index (χ2v) is 9.23. The molecule has 4 aromatic rings. The monoisotopic (exact) mass is 455 g/mol. The predicted octanol–water partition coefficient (Wildman–Crippen LogP) is 4.23. The van der Waals surface area contributed by atoms with Crippen LogP contribution in [-0.2, 0) is 11.8 Å². The number of hydrogen-bond donors (Lipinski definition) is 0. The summed E-state index contributed by atoms with van der Waals surface area (Å²) in [5, 5.41) is 8.86. The molecule has 34 heavy (non-hydrogen) atoms. The fourth-order valence-electron chi connectivity index (χ4n) is 4.67. The van der Waals surface area contributed by atoms with Crippen molar-refractivity contribution in [1.82, 2.24) is 34.4 Å². The van der Waals surface area contributed by atoms with Gasteiger partial charge >= 0.3 is 0 Å². The van der Waals surface area contributed by atoms with Crippen LogP contribution in [0.3, 0.4) is 0 Å². The summed E-state index contributed by atoms with van der Waals surface area (Å²) in [6.45, 7) is 0. The van der Waals surface area contributed by atoms with Crippen molar-refractivity contribution in [3.8, 4) is 33.6 Å². The number of rotatable bonds is 5. The van der Waals surface area contributed by atoms with Crippen molar-refractivity contribution >= 4 is 5.91 Å². The van der Waals surface area contributed by atoms with E-state index in [1.165, 1.54) is 0 Å². The molecule has 0 aliphatic heterocycles. The minimum atomic E-state index is 0.138. The zero-order chi connectivity index (χ0) is 23.7. The molecule has 1 amide bonds. The van der Waals surface area contributed by atoms with Gasteiger partial charge in [0, 0.05) is 74.1 Å². The van der Waals surface area contributed by atoms with Crippen LogP contribution in [0.15, 0.2) is 61.4 Å². The number of nitrogens with zero attached hydrogens (tertiary/aromatic N) is 7. The molecule has 0 N–H and O–H groups in total. The first kappa shape index (κ1) is 22.0. The summed E-state index contributed by atoms with van der Waals surface area (Å²) in [6.07, 6.45) is 15.3. The number of benzene rings is 1. The fraction of sp³-hybridized carbons (Fsp3) is 0.346. The van der Waals surface area contributed by atoms with Gasteiger partial charge < -0.3 is 4.90 Å². The Bertz CT molecular complexity index is 1280.